The summed E-state index contributed by atoms with van der Waals surface area (Å²) >= 11 is 1.24. The molecular formula is C20H15N3O4S. The lowest BCUT2D eigenvalue weighted by Gasteiger charge is -2.22. The zero-order chi connectivity index (χ0) is 19.7. The first-order valence-electron chi connectivity index (χ1n) is 8.36. The van der Waals surface area contributed by atoms with Gasteiger partial charge in [0.25, 0.3) is 5.78 Å². The topological polar surface area (TPSA) is 92.6 Å². The molecule has 3 heterocycles. The Bertz CT molecular complexity index is 1060. The molecule has 1 atom stereocenters. The molecule has 8 heteroatoms. The number of hydrogen-bond acceptors (Lipinski definition) is 7. The van der Waals surface area contributed by atoms with E-state index in [0.717, 1.165) is 0 Å². The molecule has 4 rings (SSSR count). The van der Waals surface area contributed by atoms with Crippen LogP contribution in [0.1, 0.15) is 17.2 Å². The first-order chi connectivity index (χ1) is 13.6. The molecule has 1 N–H and O–H groups in total. The van der Waals surface area contributed by atoms with Crippen LogP contribution in [0.5, 0.6) is 5.75 Å². The van der Waals surface area contributed by atoms with Crippen LogP contribution in [0.15, 0.2) is 65.9 Å². The van der Waals surface area contributed by atoms with E-state index in [0.29, 0.717) is 22.0 Å². The molecule has 3 aromatic rings. The lowest BCUT2D eigenvalue weighted by molar-refractivity contribution is -0.132. The van der Waals surface area contributed by atoms with E-state index in [-0.39, 0.29) is 11.3 Å². The van der Waals surface area contributed by atoms with E-state index >= 15 is 0 Å². The van der Waals surface area contributed by atoms with Crippen molar-refractivity contribution in [2.45, 2.75) is 6.04 Å². The van der Waals surface area contributed by atoms with E-state index < -0.39 is 17.7 Å². The summed E-state index contributed by atoms with van der Waals surface area (Å²) in [7, 11) is 1.51. The summed E-state index contributed by atoms with van der Waals surface area (Å²) in [5, 5.41) is 13.1. The van der Waals surface area contributed by atoms with Crippen LogP contribution < -0.4 is 9.64 Å². The standard InChI is InChI=1S/C20H15N3O4S/c1-27-14-4-2-3-13(11-14)17(24)15-16(12-5-7-21-8-6-12)23(19(26)18(15)25)20-22-9-10-28-20/h2-11,16,24H,1H3. The summed E-state index contributed by atoms with van der Waals surface area (Å²) in [6.07, 6.45) is 4.71. The third-order valence-corrected chi connectivity index (χ3v) is 5.21. The van der Waals surface area contributed by atoms with Crippen molar-refractivity contribution < 1.29 is 19.4 Å². The van der Waals surface area contributed by atoms with E-state index in [2.05, 4.69) is 9.97 Å². The van der Waals surface area contributed by atoms with Gasteiger partial charge in [0.05, 0.1) is 18.7 Å². The van der Waals surface area contributed by atoms with Gasteiger partial charge in [0.15, 0.2) is 5.13 Å². The number of nitrogens with zero attached hydrogens (tertiary/aromatic N) is 3. The number of pyridine rings is 1. The number of aliphatic hydroxyl groups is 1. The molecule has 2 aromatic heterocycles. The Morgan fingerprint density at radius 1 is 1.18 bits per heavy atom. The van der Waals surface area contributed by atoms with Gasteiger partial charge in [-0.15, -0.1) is 11.3 Å². The van der Waals surface area contributed by atoms with Gasteiger partial charge in [-0.2, -0.15) is 0 Å². The van der Waals surface area contributed by atoms with Gasteiger partial charge in [-0.1, -0.05) is 12.1 Å². The number of thiazole rings is 1. The summed E-state index contributed by atoms with van der Waals surface area (Å²) in [4.78, 5) is 35.2. The molecule has 7 nitrogen and oxygen atoms in total. The molecule has 1 aliphatic heterocycles. The van der Waals surface area contributed by atoms with Crippen molar-refractivity contribution in [1.82, 2.24) is 9.97 Å². The number of ketones is 1. The van der Waals surface area contributed by atoms with Crippen molar-refractivity contribution >= 4 is 33.9 Å². The molecule has 1 aromatic carbocycles. The lowest BCUT2D eigenvalue weighted by Crippen LogP contribution is -2.29. The maximum absolute atomic E-state index is 12.9. The first kappa shape index (κ1) is 17.9. The van der Waals surface area contributed by atoms with E-state index in [1.165, 1.54) is 23.3 Å². The lowest BCUT2D eigenvalue weighted by atomic mass is 9.96. The summed E-state index contributed by atoms with van der Waals surface area (Å²) in [5.74, 6) is -1.24. The van der Waals surface area contributed by atoms with Gasteiger partial charge in [-0.3, -0.25) is 19.5 Å². The third kappa shape index (κ3) is 2.93. The quantitative estimate of drug-likeness (QED) is 0.416. The van der Waals surface area contributed by atoms with Gasteiger partial charge in [0, 0.05) is 29.5 Å². The fraction of sp³-hybridized carbons (Fsp3) is 0.100. The van der Waals surface area contributed by atoms with Crippen molar-refractivity contribution in [3.63, 3.8) is 0 Å². The minimum Gasteiger partial charge on any atom is -0.507 e. The fourth-order valence-corrected chi connectivity index (χ4v) is 3.82. The smallest absolute Gasteiger partial charge is 0.301 e. The predicted octanol–water partition coefficient (Wildman–Crippen LogP) is 3.17. The number of anilines is 1. The zero-order valence-electron chi connectivity index (χ0n) is 14.8. The van der Waals surface area contributed by atoms with Gasteiger partial charge in [0.1, 0.15) is 11.5 Å². The molecule has 1 fully saturated rings. The number of methoxy groups -OCH3 is 1. The first-order valence-corrected chi connectivity index (χ1v) is 9.24. The summed E-state index contributed by atoms with van der Waals surface area (Å²) < 4.78 is 5.19. The Hall–Kier alpha value is -3.52. The van der Waals surface area contributed by atoms with Crippen molar-refractivity contribution in [2.24, 2.45) is 0 Å². The minimum absolute atomic E-state index is 0.000321. The Labute approximate surface area is 164 Å². The van der Waals surface area contributed by atoms with E-state index in [9.17, 15) is 14.7 Å². The van der Waals surface area contributed by atoms with Crippen LogP contribution in [-0.4, -0.2) is 33.9 Å². The largest absolute Gasteiger partial charge is 0.507 e. The molecule has 0 bridgehead atoms. The van der Waals surface area contributed by atoms with Crippen LogP contribution >= 0.6 is 11.3 Å². The predicted molar refractivity (Wildman–Crippen MR) is 104 cm³/mol. The Balaban J connectivity index is 1.93. The molecule has 0 spiro atoms. The second kappa shape index (κ2) is 7.24. The average molecular weight is 393 g/mol. The van der Waals surface area contributed by atoms with E-state index in [4.69, 9.17) is 4.74 Å². The van der Waals surface area contributed by atoms with Gasteiger partial charge in [0.2, 0.25) is 0 Å². The van der Waals surface area contributed by atoms with Crippen LogP contribution in [0.25, 0.3) is 5.76 Å². The highest BCUT2D eigenvalue weighted by molar-refractivity contribution is 7.14. The molecule has 1 saturated heterocycles. The van der Waals surface area contributed by atoms with Gasteiger partial charge in [-0.25, -0.2) is 4.98 Å². The van der Waals surface area contributed by atoms with Crippen LogP contribution in [0.2, 0.25) is 0 Å². The number of aromatic nitrogens is 2. The normalized spacial score (nSPS) is 18.5. The Morgan fingerprint density at radius 3 is 2.64 bits per heavy atom. The second-order valence-electron chi connectivity index (χ2n) is 6.00. The number of ether oxygens (including phenoxy) is 1. The molecule has 0 radical (unpaired) electrons. The highest BCUT2D eigenvalue weighted by atomic mass is 32.1. The van der Waals surface area contributed by atoms with Gasteiger partial charge < -0.3 is 9.84 Å². The summed E-state index contributed by atoms with van der Waals surface area (Å²) in [5.41, 5.74) is 1.03. The Kier molecular flexibility index (Phi) is 4.62. The maximum Gasteiger partial charge on any atom is 0.301 e. The summed E-state index contributed by atoms with van der Waals surface area (Å²) in [6, 6.07) is 9.29. The highest BCUT2D eigenvalue weighted by Crippen LogP contribution is 2.42. The average Bonchev–Trinajstić information content (AvgIpc) is 3.35. The SMILES string of the molecule is COc1cccc(C(O)=C2C(=O)C(=O)N(c3nccs3)C2c2ccncc2)c1. The molecule has 1 unspecified atom stereocenters. The Morgan fingerprint density at radius 2 is 1.96 bits per heavy atom. The minimum atomic E-state index is -0.805. The van der Waals surface area contributed by atoms with Crippen LogP contribution in [-0.2, 0) is 9.59 Å². The highest BCUT2D eigenvalue weighted by Gasteiger charge is 2.47. The van der Waals surface area contributed by atoms with E-state index in [1.807, 2.05) is 0 Å². The van der Waals surface area contributed by atoms with Crippen LogP contribution in [0, 0.1) is 0 Å². The number of amides is 1. The van der Waals surface area contributed by atoms with Crippen molar-refractivity contribution in [2.75, 3.05) is 12.0 Å². The molecule has 1 aliphatic rings. The molecule has 0 aliphatic carbocycles. The molecular weight excluding hydrogens is 378 g/mol. The number of benzene rings is 1. The van der Waals surface area contributed by atoms with E-state index in [1.54, 1.807) is 60.4 Å². The van der Waals surface area contributed by atoms with Crippen molar-refractivity contribution in [1.29, 1.82) is 0 Å². The summed E-state index contributed by atoms with van der Waals surface area (Å²) in [6.45, 7) is 0. The zero-order valence-corrected chi connectivity index (χ0v) is 15.6. The molecule has 0 saturated carbocycles. The van der Waals surface area contributed by atoms with Crippen molar-refractivity contribution in [3.05, 3.63) is 77.1 Å². The number of carbonyl (C=O) groups is 2. The number of carbonyl (C=O) groups excluding carboxylic acids is 2. The number of hydrogen-bond donors (Lipinski definition) is 1. The third-order valence-electron chi connectivity index (χ3n) is 4.43. The van der Waals surface area contributed by atoms with Gasteiger partial charge >= 0.3 is 5.91 Å². The number of rotatable bonds is 4. The van der Waals surface area contributed by atoms with Crippen LogP contribution in [0.4, 0.5) is 5.13 Å². The molecule has 28 heavy (non-hydrogen) atoms. The monoisotopic (exact) mass is 393 g/mol. The maximum atomic E-state index is 12.9. The number of Topliss-reactive ketones (excluding diaryl/α,β-unsaturated/α-hetero) is 1. The van der Waals surface area contributed by atoms with Crippen LogP contribution in [0.3, 0.4) is 0 Å². The fourth-order valence-electron chi connectivity index (χ4n) is 3.15. The number of aliphatic hydroxyl groups excluding tert-OH is 1. The molecule has 140 valence electrons. The van der Waals surface area contributed by atoms with Gasteiger partial charge in [-0.05, 0) is 29.8 Å². The molecule has 1 amide bonds. The second-order valence-corrected chi connectivity index (χ2v) is 6.87. The van der Waals surface area contributed by atoms with Crippen molar-refractivity contribution in [3.8, 4) is 5.75 Å².